The number of rotatable bonds is 5. The fourth-order valence-corrected chi connectivity index (χ4v) is 2.48. The number of amides is 1. The Labute approximate surface area is 149 Å². The molecular formula is C19H17BrN2O2. The normalized spacial score (nSPS) is 11.0. The van der Waals surface area contributed by atoms with Gasteiger partial charge in [0.2, 0.25) is 0 Å². The van der Waals surface area contributed by atoms with Gasteiger partial charge in [0.05, 0.1) is 10.6 Å². The molecule has 0 spiro atoms. The third-order valence-electron chi connectivity index (χ3n) is 3.03. The number of ether oxygens (including phenoxy) is 1. The minimum absolute atomic E-state index is 0.0308. The van der Waals surface area contributed by atoms with Gasteiger partial charge >= 0.3 is 0 Å². The summed E-state index contributed by atoms with van der Waals surface area (Å²) in [6.45, 7) is 3.89. The first-order valence-electron chi connectivity index (χ1n) is 7.44. The summed E-state index contributed by atoms with van der Waals surface area (Å²) < 4.78 is 6.42. The lowest BCUT2D eigenvalue weighted by molar-refractivity contribution is -0.112. The highest BCUT2D eigenvalue weighted by molar-refractivity contribution is 9.10. The molecule has 0 aliphatic heterocycles. The third kappa shape index (κ3) is 4.97. The van der Waals surface area contributed by atoms with Crippen molar-refractivity contribution in [3.8, 4) is 11.8 Å². The second-order valence-corrected chi connectivity index (χ2v) is 6.20. The predicted octanol–water partition coefficient (Wildman–Crippen LogP) is 4.78. The molecule has 0 atom stereocenters. The molecule has 0 saturated heterocycles. The van der Waals surface area contributed by atoms with Gasteiger partial charge in [-0.3, -0.25) is 4.79 Å². The Balaban J connectivity index is 2.19. The van der Waals surface area contributed by atoms with Crippen molar-refractivity contribution >= 4 is 33.6 Å². The molecule has 2 rings (SSSR count). The highest BCUT2D eigenvalue weighted by atomic mass is 79.9. The lowest BCUT2D eigenvalue weighted by atomic mass is 10.1. The standard InChI is InChI=1S/C19H17BrN2O2/c1-13(2)24-18-9-8-14(11-17(18)20)10-15(12-21)19(23)22-16-6-4-3-5-7-16/h3-11,13H,1-2H3,(H,22,23)/b15-10+. The molecule has 0 heterocycles. The van der Waals surface area contributed by atoms with Crippen LogP contribution in [0.5, 0.6) is 5.75 Å². The van der Waals surface area contributed by atoms with Gasteiger partial charge in [0.1, 0.15) is 17.4 Å². The van der Waals surface area contributed by atoms with Crippen molar-refractivity contribution in [2.24, 2.45) is 0 Å². The van der Waals surface area contributed by atoms with Crippen molar-refractivity contribution in [3.63, 3.8) is 0 Å². The van der Waals surface area contributed by atoms with Crippen molar-refractivity contribution in [3.05, 3.63) is 64.1 Å². The van der Waals surface area contributed by atoms with Crippen LogP contribution >= 0.6 is 15.9 Å². The number of benzene rings is 2. The van der Waals surface area contributed by atoms with E-state index in [4.69, 9.17) is 4.74 Å². The fraction of sp³-hybridized carbons (Fsp3) is 0.158. The van der Waals surface area contributed by atoms with E-state index in [2.05, 4.69) is 21.2 Å². The number of nitrogens with one attached hydrogen (secondary N) is 1. The SMILES string of the molecule is CC(C)Oc1ccc(/C=C(\C#N)C(=O)Nc2ccccc2)cc1Br. The maximum atomic E-state index is 12.2. The van der Waals surface area contributed by atoms with Gasteiger partial charge in [0, 0.05) is 5.69 Å². The second-order valence-electron chi connectivity index (χ2n) is 5.35. The molecule has 0 aromatic heterocycles. The number of hydrogen-bond acceptors (Lipinski definition) is 3. The first kappa shape index (κ1) is 17.8. The molecule has 5 heteroatoms. The molecule has 0 unspecified atom stereocenters. The Hall–Kier alpha value is -2.58. The summed E-state index contributed by atoms with van der Waals surface area (Å²) in [5.74, 6) is 0.275. The number of carbonyl (C=O) groups is 1. The summed E-state index contributed by atoms with van der Waals surface area (Å²) in [5, 5.41) is 12.0. The highest BCUT2D eigenvalue weighted by Crippen LogP contribution is 2.27. The van der Waals surface area contributed by atoms with E-state index in [0.717, 1.165) is 15.8 Å². The zero-order valence-electron chi connectivity index (χ0n) is 13.4. The Bertz CT molecular complexity index is 793. The minimum atomic E-state index is -0.442. The number of para-hydroxylation sites is 1. The average molecular weight is 385 g/mol. The predicted molar refractivity (Wildman–Crippen MR) is 98.6 cm³/mol. The number of anilines is 1. The van der Waals surface area contributed by atoms with E-state index >= 15 is 0 Å². The van der Waals surface area contributed by atoms with Crippen molar-refractivity contribution in [2.75, 3.05) is 5.32 Å². The van der Waals surface area contributed by atoms with Crippen LogP contribution in [0.2, 0.25) is 0 Å². The summed E-state index contributed by atoms with van der Waals surface area (Å²) in [4.78, 5) is 12.2. The Morgan fingerprint density at radius 3 is 2.54 bits per heavy atom. The van der Waals surface area contributed by atoms with E-state index in [9.17, 15) is 10.1 Å². The first-order chi connectivity index (χ1) is 11.5. The van der Waals surface area contributed by atoms with Crippen LogP contribution in [0, 0.1) is 11.3 Å². The van der Waals surface area contributed by atoms with Crippen LogP contribution in [0.25, 0.3) is 6.08 Å². The van der Waals surface area contributed by atoms with E-state index in [0.29, 0.717) is 5.69 Å². The molecule has 0 bridgehead atoms. The van der Waals surface area contributed by atoms with E-state index in [-0.39, 0.29) is 11.7 Å². The fourth-order valence-electron chi connectivity index (χ4n) is 1.99. The number of nitriles is 1. The topological polar surface area (TPSA) is 62.1 Å². The molecule has 0 aliphatic carbocycles. The molecule has 1 N–H and O–H groups in total. The van der Waals surface area contributed by atoms with Crippen molar-refractivity contribution in [1.29, 1.82) is 5.26 Å². The van der Waals surface area contributed by atoms with Gasteiger partial charge in [-0.05, 0) is 65.7 Å². The Morgan fingerprint density at radius 1 is 1.25 bits per heavy atom. The van der Waals surface area contributed by atoms with Gasteiger partial charge < -0.3 is 10.1 Å². The highest BCUT2D eigenvalue weighted by Gasteiger charge is 2.10. The van der Waals surface area contributed by atoms with Gasteiger partial charge in [-0.15, -0.1) is 0 Å². The van der Waals surface area contributed by atoms with E-state index < -0.39 is 5.91 Å². The number of halogens is 1. The zero-order chi connectivity index (χ0) is 17.5. The summed E-state index contributed by atoms with van der Waals surface area (Å²) in [5.41, 5.74) is 1.41. The first-order valence-corrected chi connectivity index (χ1v) is 8.23. The quantitative estimate of drug-likeness (QED) is 0.595. The van der Waals surface area contributed by atoms with Crippen LogP contribution in [-0.4, -0.2) is 12.0 Å². The average Bonchev–Trinajstić information content (AvgIpc) is 2.55. The summed E-state index contributed by atoms with van der Waals surface area (Å²) >= 11 is 3.44. The van der Waals surface area contributed by atoms with E-state index in [1.807, 2.05) is 44.2 Å². The molecule has 2 aromatic rings. The lowest BCUT2D eigenvalue weighted by Gasteiger charge is -2.11. The van der Waals surface area contributed by atoms with Crippen LogP contribution in [0.15, 0.2) is 58.6 Å². The van der Waals surface area contributed by atoms with Gasteiger partial charge in [0.15, 0.2) is 0 Å². The summed E-state index contributed by atoms with van der Waals surface area (Å²) in [6.07, 6.45) is 1.61. The van der Waals surface area contributed by atoms with Crippen LogP contribution in [0.4, 0.5) is 5.69 Å². The number of hydrogen-bond donors (Lipinski definition) is 1. The molecule has 0 radical (unpaired) electrons. The molecule has 2 aromatic carbocycles. The van der Waals surface area contributed by atoms with Crippen molar-refractivity contribution in [2.45, 2.75) is 20.0 Å². The third-order valence-corrected chi connectivity index (χ3v) is 3.65. The number of nitrogens with zero attached hydrogens (tertiary/aromatic N) is 1. The number of carbonyl (C=O) groups excluding carboxylic acids is 1. The molecule has 0 aliphatic rings. The van der Waals surface area contributed by atoms with Gasteiger partial charge in [-0.1, -0.05) is 24.3 Å². The molecule has 0 saturated carbocycles. The van der Waals surface area contributed by atoms with Gasteiger partial charge in [-0.2, -0.15) is 5.26 Å². The molecular weight excluding hydrogens is 368 g/mol. The smallest absolute Gasteiger partial charge is 0.266 e. The summed E-state index contributed by atoms with van der Waals surface area (Å²) in [6, 6.07) is 16.4. The largest absolute Gasteiger partial charge is 0.490 e. The molecule has 122 valence electrons. The zero-order valence-corrected chi connectivity index (χ0v) is 15.0. The van der Waals surface area contributed by atoms with Crippen LogP contribution < -0.4 is 10.1 Å². The molecule has 24 heavy (non-hydrogen) atoms. The summed E-state index contributed by atoms with van der Waals surface area (Å²) in [7, 11) is 0. The van der Waals surface area contributed by atoms with Gasteiger partial charge in [-0.25, -0.2) is 0 Å². The molecule has 4 nitrogen and oxygen atoms in total. The maximum absolute atomic E-state index is 12.2. The molecule has 0 fully saturated rings. The van der Waals surface area contributed by atoms with Crippen molar-refractivity contribution in [1.82, 2.24) is 0 Å². The Morgan fingerprint density at radius 2 is 1.96 bits per heavy atom. The van der Waals surface area contributed by atoms with Crippen LogP contribution in [-0.2, 0) is 4.79 Å². The van der Waals surface area contributed by atoms with E-state index in [1.54, 1.807) is 30.3 Å². The minimum Gasteiger partial charge on any atom is -0.490 e. The van der Waals surface area contributed by atoms with Crippen LogP contribution in [0.3, 0.4) is 0 Å². The lowest BCUT2D eigenvalue weighted by Crippen LogP contribution is -2.13. The van der Waals surface area contributed by atoms with Crippen LogP contribution in [0.1, 0.15) is 19.4 Å². The maximum Gasteiger partial charge on any atom is 0.266 e. The molecule has 1 amide bonds. The Kier molecular flexibility index (Phi) is 6.16. The van der Waals surface area contributed by atoms with Gasteiger partial charge in [0.25, 0.3) is 5.91 Å². The van der Waals surface area contributed by atoms with E-state index in [1.165, 1.54) is 0 Å². The monoisotopic (exact) mass is 384 g/mol. The van der Waals surface area contributed by atoms with Crippen molar-refractivity contribution < 1.29 is 9.53 Å². The second kappa shape index (κ2) is 8.32.